The van der Waals surface area contributed by atoms with Crippen molar-refractivity contribution < 1.29 is 4.79 Å². The van der Waals surface area contributed by atoms with Gasteiger partial charge >= 0.3 is 0 Å². The van der Waals surface area contributed by atoms with Crippen molar-refractivity contribution >= 4 is 17.7 Å². The maximum absolute atomic E-state index is 14.0. The number of fused-ring (bicyclic) bond motifs is 1. The molecule has 3 aliphatic carbocycles. The van der Waals surface area contributed by atoms with Gasteiger partial charge in [-0.05, 0) is 100 Å². The molecule has 8 nitrogen and oxygen atoms in total. The molecule has 4 atom stereocenters. The minimum Gasteiger partial charge on any atom is -0.387 e. The van der Waals surface area contributed by atoms with E-state index in [0.717, 1.165) is 76.4 Å². The summed E-state index contributed by atoms with van der Waals surface area (Å²) in [5.41, 5.74) is 17.0. The summed E-state index contributed by atoms with van der Waals surface area (Å²) in [6.45, 7) is 3.46. The molecule has 8 heteroatoms. The highest BCUT2D eigenvalue weighted by atomic mass is 16.2. The predicted octanol–water partition coefficient (Wildman–Crippen LogP) is 4.07. The van der Waals surface area contributed by atoms with Crippen LogP contribution in [0.5, 0.6) is 0 Å². The number of likely N-dealkylation sites (tertiary alicyclic amines) is 2. The monoisotopic (exact) mass is 541 g/mol. The fraction of sp³-hybridized carbons (Fsp3) is 0.903. The van der Waals surface area contributed by atoms with Crippen molar-refractivity contribution in [1.82, 2.24) is 9.80 Å². The van der Waals surface area contributed by atoms with Crippen LogP contribution in [0.4, 0.5) is 0 Å². The van der Waals surface area contributed by atoms with Crippen LogP contribution in [-0.4, -0.2) is 65.8 Å². The van der Waals surface area contributed by atoms with Crippen LogP contribution in [0, 0.1) is 40.9 Å². The number of nitrogens with zero attached hydrogens (tertiary/aromatic N) is 3. The Bertz CT molecular complexity index is 851. The molecule has 7 N–H and O–H groups in total. The second-order valence-electron chi connectivity index (χ2n) is 13.8. The van der Waals surface area contributed by atoms with Gasteiger partial charge < -0.3 is 22.1 Å². The highest BCUT2D eigenvalue weighted by molar-refractivity contribution is 5.83. The summed E-state index contributed by atoms with van der Waals surface area (Å²) < 4.78 is 0. The van der Waals surface area contributed by atoms with E-state index in [0.29, 0.717) is 42.1 Å². The Balaban J connectivity index is 1.20. The Morgan fingerprint density at radius 3 is 2.10 bits per heavy atom. The van der Waals surface area contributed by atoms with Gasteiger partial charge in [-0.25, -0.2) is 0 Å². The predicted molar refractivity (Wildman–Crippen MR) is 158 cm³/mol. The van der Waals surface area contributed by atoms with Gasteiger partial charge in [0, 0.05) is 38.1 Å². The molecule has 2 aliphatic heterocycles. The van der Waals surface area contributed by atoms with E-state index >= 15 is 0 Å². The van der Waals surface area contributed by atoms with Crippen molar-refractivity contribution in [2.75, 3.05) is 26.2 Å². The number of hydrogen-bond acceptors (Lipinski definition) is 4. The van der Waals surface area contributed by atoms with Crippen LogP contribution < -0.4 is 17.2 Å². The molecule has 5 aliphatic rings. The summed E-state index contributed by atoms with van der Waals surface area (Å²) >= 11 is 0. The third-order valence-electron chi connectivity index (χ3n) is 11.5. The highest BCUT2D eigenvalue weighted by Gasteiger charge is 2.49. The summed E-state index contributed by atoms with van der Waals surface area (Å²) in [6.07, 6.45) is 19.8. The van der Waals surface area contributed by atoms with Crippen molar-refractivity contribution in [3.63, 3.8) is 0 Å². The average molecular weight is 542 g/mol. The number of nitrogens with two attached hydrogens (primary N) is 3. The molecule has 2 heterocycles. The Labute approximate surface area is 236 Å². The lowest BCUT2D eigenvalue weighted by atomic mass is 9.71. The van der Waals surface area contributed by atoms with E-state index in [1.807, 2.05) is 0 Å². The van der Waals surface area contributed by atoms with Gasteiger partial charge in [0.2, 0.25) is 5.91 Å². The van der Waals surface area contributed by atoms with Gasteiger partial charge in [0.1, 0.15) is 0 Å². The standard InChI is InChI=1S/C31H55N7O/c32-29(33)26-11-10-25-18-28(30(39)37-16-13-21(14-17-37)12-15-36-31(34)35)38(27(25)19-26)20-22-6-8-24(9-7-22)23-4-2-1-3-5-23/h21-28H,1-20H2,(H3,32,33)(H4,34,35,36). The zero-order valence-corrected chi connectivity index (χ0v) is 24.2. The molecule has 220 valence electrons. The molecule has 0 aromatic carbocycles. The summed E-state index contributed by atoms with van der Waals surface area (Å²) in [5.74, 6) is 4.85. The minimum atomic E-state index is 0.0139. The molecule has 39 heavy (non-hydrogen) atoms. The van der Waals surface area contributed by atoms with Crippen LogP contribution in [0.3, 0.4) is 0 Å². The summed E-state index contributed by atoms with van der Waals surface area (Å²) in [6, 6.07) is 0.426. The molecule has 0 radical (unpaired) electrons. The second kappa shape index (κ2) is 13.2. The fourth-order valence-corrected chi connectivity index (χ4v) is 9.11. The Kier molecular flexibility index (Phi) is 9.73. The SMILES string of the molecule is N=C(N)C1CCC2CC(C(=O)N3CCC(CCN=C(N)N)CC3)N(CC3CCC(C4CCCCC4)CC3)C2C1. The van der Waals surface area contributed by atoms with E-state index in [-0.39, 0.29) is 17.9 Å². The Morgan fingerprint density at radius 1 is 0.769 bits per heavy atom. The van der Waals surface area contributed by atoms with E-state index in [2.05, 4.69) is 14.8 Å². The van der Waals surface area contributed by atoms with Gasteiger partial charge in [-0.1, -0.05) is 32.1 Å². The number of carbonyl (C=O) groups is 1. The van der Waals surface area contributed by atoms with Crippen LogP contribution in [0.1, 0.15) is 103 Å². The summed E-state index contributed by atoms with van der Waals surface area (Å²) in [7, 11) is 0. The van der Waals surface area contributed by atoms with Gasteiger partial charge in [-0.15, -0.1) is 0 Å². The van der Waals surface area contributed by atoms with Crippen LogP contribution in [-0.2, 0) is 4.79 Å². The van der Waals surface area contributed by atoms with Crippen LogP contribution in [0.25, 0.3) is 0 Å². The molecule has 5 fully saturated rings. The molecule has 2 saturated heterocycles. The lowest BCUT2D eigenvalue weighted by molar-refractivity contribution is -0.138. The quantitative estimate of drug-likeness (QED) is 0.271. The van der Waals surface area contributed by atoms with E-state index in [4.69, 9.17) is 22.6 Å². The Morgan fingerprint density at radius 2 is 1.44 bits per heavy atom. The molecule has 3 saturated carbocycles. The van der Waals surface area contributed by atoms with E-state index in [9.17, 15) is 4.79 Å². The van der Waals surface area contributed by atoms with Crippen LogP contribution in [0.15, 0.2) is 4.99 Å². The van der Waals surface area contributed by atoms with Gasteiger partial charge in [0.25, 0.3) is 0 Å². The number of nitrogens with one attached hydrogen (secondary N) is 1. The number of rotatable bonds is 8. The normalized spacial score (nSPS) is 34.9. The van der Waals surface area contributed by atoms with E-state index in [1.165, 1.54) is 57.8 Å². The summed E-state index contributed by atoms with van der Waals surface area (Å²) in [4.78, 5) is 23.0. The number of hydrogen-bond donors (Lipinski definition) is 4. The number of amides is 1. The molecule has 1 amide bonds. The number of guanidine groups is 1. The lowest BCUT2D eigenvalue weighted by Gasteiger charge is -2.42. The molecule has 0 aromatic heterocycles. The third kappa shape index (κ3) is 7.09. The van der Waals surface area contributed by atoms with Crippen molar-refractivity contribution in [3.05, 3.63) is 0 Å². The summed E-state index contributed by atoms with van der Waals surface area (Å²) in [5, 5.41) is 8.13. The number of piperidine rings is 1. The van der Waals surface area contributed by atoms with Crippen molar-refractivity contribution in [3.8, 4) is 0 Å². The molecule has 0 bridgehead atoms. The maximum Gasteiger partial charge on any atom is 0.239 e. The van der Waals surface area contributed by atoms with Gasteiger partial charge in [-0.3, -0.25) is 20.1 Å². The maximum atomic E-state index is 14.0. The van der Waals surface area contributed by atoms with Crippen molar-refractivity contribution in [1.29, 1.82) is 5.41 Å². The Hall–Kier alpha value is -1.83. The van der Waals surface area contributed by atoms with Crippen LogP contribution >= 0.6 is 0 Å². The zero-order valence-electron chi connectivity index (χ0n) is 24.2. The minimum absolute atomic E-state index is 0.0139. The van der Waals surface area contributed by atoms with Crippen LogP contribution in [0.2, 0.25) is 0 Å². The van der Waals surface area contributed by atoms with E-state index < -0.39 is 0 Å². The lowest BCUT2D eigenvalue weighted by Crippen LogP contribution is -2.52. The first kappa shape index (κ1) is 28.7. The van der Waals surface area contributed by atoms with Crippen molar-refractivity contribution in [2.45, 2.75) is 115 Å². The molecular weight excluding hydrogens is 486 g/mol. The van der Waals surface area contributed by atoms with Gasteiger partial charge in [0.15, 0.2) is 5.96 Å². The molecule has 4 unspecified atom stereocenters. The second-order valence-corrected chi connectivity index (χ2v) is 13.8. The van der Waals surface area contributed by atoms with Gasteiger partial charge in [0.05, 0.1) is 11.9 Å². The number of aliphatic imine (C=N–C) groups is 1. The molecule has 5 rings (SSSR count). The molecule has 0 spiro atoms. The zero-order chi connectivity index (χ0) is 27.4. The number of amidine groups is 1. The first-order valence-electron chi connectivity index (χ1n) is 16.3. The third-order valence-corrected chi connectivity index (χ3v) is 11.5. The topological polar surface area (TPSA) is 138 Å². The first-order chi connectivity index (χ1) is 18.9. The molecular formula is C31H55N7O. The fourth-order valence-electron chi connectivity index (χ4n) is 9.11. The highest BCUT2D eigenvalue weighted by Crippen LogP contribution is 2.45. The largest absolute Gasteiger partial charge is 0.387 e. The smallest absolute Gasteiger partial charge is 0.239 e. The van der Waals surface area contributed by atoms with Gasteiger partial charge in [-0.2, -0.15) is 0 Å². The average Bonchev–Trinajstić information content (AvgIpc) is 3.31. The van der Waals surface area contributed by atoms with Crippen molar-refractivity contribution in [2.24, 2.45) is 57.7 Å². The van der Waals surface area contributed by atoms with E-state index in [1.54, 1.807) is 0 Å². The molecule has 0 aromatic rings. The first-order valence-corrected chi connectivity index (χ1v) is 16.3. The number of carbonyl (C=O) groups excluding carboxylic acids is 1.